The van der Waals surface area contributed by atoms with Gasteiger partial charge in [-0.3, -0.25) is 14.4 Å². The third-order valence-electron chi connectivity index (χ3n) is 10.2. The van der Waals surface area contributed by atoms with Crippen LogP contribution in [0.2, 0.25) is 0 Å². The highest BCUT2D eigenvalue weighted by Crippen LogP contribution is 2.72. The number of likely N-dealkylation sites (tertiary alicyclic amines) is 1. The molecule has 0 saturated carbocycles. The topological polar surface area (TPSA) is 112 Å². The van der Waals surface area contributed by atoms with E-state index in [0.717, 1.165) is 17.5 Å². The van der Waals surface area contributed by atoms with Crippen LogP contribution in [0.3, 0.4) is 0 Å². The summed E-state index contributed by atoms with van der Waals surface area (Å²) in [6.07, 6.45) is 5.89. The summed E-state index contributed by atoms with van der Waals surface area (Å²) in [5, 5.41) is 19.5. The Bertz CT molecular complexity index is 1660. The molecule has 3 aromatic rings. The van der Waals surface area contributed by atoms with Crippen molar-refractivity contribution in [3.8, 4) is 0 Å². The molecule has 3 aliphatic heterocycles. The van der Waals surface area contributed by atoms with Crippen molar-refractivity contribution >= 4 is 40.5 Å². The van der Waals surface area contributed by atoms with Gasteiger partial charge in [-0.2, -0.15) is 0 Å². The summed E-state index contributed by atoms with van der Waals surface area (Å²) in [6.45, 7) is 12.9. The molecule has 3 fully saturated rings. The number of hydrogen-bond acceptors (Lipinski definition) is 7. The van der Waals surface area contributed by atoms with Crippen LogP contribution in [0.5, 0.6) is 0 Å². The zero-order valence-corrected chi connectivity index (χ0v) is 28.0. The van der Waals surface area contributed by atoms with E-state index in [4.69, 9.17) is 0 Å². The molecule has 6 atom stereocenters. The van der Waals surface area contributed by atoms with E-state index in [1.54, 1.807) is 43.3 Å². The lowest BCUT2D eigenvalue weighted by Gasteiger charge is -2.39. The largest absolute Gasteiger partial charge is 0.394 e. The number of aromatic nitrogens is 3. The van der Waals surface area contributed by atoms with E-state index in [-0.39, 0.29) is 37.5 Å². The van der Waals surface area contributed by atoms with E-state index in [0.29, 0.717) is 37.9 Å². The molecule has 0 aliphatic carbocycles. The molecule has 248 valence electrons. The number of amides is 3. The van der Waals surface area contributed by atoms with E-state index in [1.807, 2.05) is 61.5 Å². The number of rotatable bonds is 14. The molecular weight excluding hydrogens is 613 g/mol. The number of benzene rings is 2. The summed E-state index contributed by atoms with van der Waals surface area (Å²) in [5.74, 6) is -1.82. The van der Waals surface area contributed by atoms with E-state index >= 15 is 4.79 Å². The SMILES string of the molecule is C=CCN(Cn1nnc2ccccc21)C(=O)C1N([C@@H](CO)Cc2ccccc2)C(=O)[C@@H]2[C@@H](C(=O)N(CC=C)CCC)[C@@]3(C)CCC12S3. The van der Waals surface area contributed by atoms with Gasteiger partial charge in [0.05, 0.1) is 34.7 Å². The van der Waals surface area contributed by atoms with Crippen LogP contribution >= 0.6 is 11.8 Å². The third-order valence-corrected chi connectivity index (χ3v) is 12.2. The van der Waals surface area contributed by atoms with Gasteiger partial charge in [0.1, 0.15) is 18.2 Å². The van der Waals surface area contributed by atoms with Gasteiger partial charge in [-0.1, -0.05) is 66.8 Å². The number of hydrogen-bond donors (Lipinski definition) is 1. The minimum atomic E-state index is -0.890. The van der Waals surface area contributed by atoms with E-state index < -0.39 is 33.4 Å². The Morgan fingerprint density at radius 1 is 1.06 bits per heavy atom. The zero-order chi connectivity index (χ0) is 33.3. The molecule has 1 spiro atoms. The Kier molecular flexibility index (Phi) is 9.31. The van der Waals surface area contributed by atoms with Crippen molar-refractivity contribution in [2.45, 2.75) is 67.8 Å². The predicted molar refractivity (Wildman–Crippen MR) is 183 cm³/mol. The Morgan fingerprint density at radius 3 is 2.47 bits per heavy atom. The normalized spacial score (nSPS) is 26.7. The van der Waals surface area contributed by atoms with Crippen LogP contribution in [0.4, 0.5) is 0 Å². The number of para-hydroxylation sites is 1. The van der Waals surface area contributed by atoms with Gasteiger partial charge in [-0.05, 0) is 50.3 Å². The molecule has 2 unspecified atom stereocenters. The lowest BCUT2D eigenvalue weighted by atomic mass is 9.66. The first-order chi connectivity index (χ1) is 22.7. The highest BCUT2D eigenvalue weighted by atomic mass is 32.2. The number of carbonyl (C=O) groups excluding carboxylic acids is 3. The number of aliphatic hydroxyl groups excluding tert-OH is 1. The molecule has 47 heavy (non-hydrogen) atoms. The maximum Gasteiger partial charge on any atom is 0.248 e. The first kappa shape index (κ1) is 33.0. The van der Waals surface area contributed by atoms with Gasteiger partial charge in [-0.15, -0.1) is 30.0 Å². The minimum Gasteiger partial charge on any atom is -0.394 e. The molecule has 1 aromatic heterocycles. The van der Waals surface area contributed by atoms with Crippen LogP contribution in [0.25, 0.3) is 11.0 Å². The molecule has 11 heteroatoms. The Hall–Kier alpha value is -3.96. The second-order valence-corrected chi connectivity index (χ2v) is 15.0. The molecule has 3 saturated heterocycles. The van der Waals surface area contributed by atoms with Crippen molar-refractivity contribution in [3.63, 3.8) is 0 Å². The summed E-state index contributed by atoms with van der Waals surface area (Å²) in [4.78, 5) is 49.6. The van der Waals surface area contributed by atoms with Crippen LogP contribution in [-0.4, -0.2) is 100 Å². The van der Waals surface area contributed by atoms with E-state index in [1.165, 1.54) is 0 Å². The predicted octanol–water partition coefficient (Wildman–Crippen LogP) is 3.91. The fourth-order valence-corrected chi connectivity index (χ4v) is 10.5. The number of fused-ring (bicyclic) bond motifs is 2. The van der Waals surface area contributed by atoms with Crippen molar-refractivity contribution < 1.29 is 19.5 Å². The first-order valence-corrected chi connectivity index (χ1v) is 17.3. The van der Waals surface area contributed by atoms with E-state index in [9.17, 15) is 14.7 Å². The highest BCUT2D eigenvalue weighted by molar-refractivity contribution is 8.02. The molecule has 2 aromatic carbocycles. The molecular formula is C36H44N6O4S. The fraction of sp³-hybridized carbons (Fsp3) is 0.472. The molecule has 2 bridgehead atoms. The van der Waals surface area contributed by atoms with Crippen LogP contribution in [0, 0.1) is 11.8 Å². The number of carbonyl (C=O) groups is 3. The van der Waals surface area contributed by atoms with Crippen molar-refractivity contribution in [1.29, 1.82) is 0 Å². The molecule has 1 N–H and O–H groups in total. The molecule has 3 amide bonds. The zero-order valence-electron chi connectivity index (χ0n) is 27.2. The van der Waals surface area contributed by atoms with Crippen LogP contribution in [-0.2, 0) is 27.5 Å². The quantitative estimate of drug-likeness (QED) is 0.262. The average molecular weight is 657 g/mol. The Balaban J connectivity index is 1.44. The summed E-state index contributed by atoms with van der Waals surface area (Å²) < 4.78 is 0.350. The van der Waals surface area contributed by atoms with Gasteiger partial charge in [0.15, 0.2) is 0 Å². The molecule has 10 nitrogen and oxygen atoms in total. The second kappa shape index (κ2) is 13.3. The van der Waals surface area contributed by atoms with Crippen LogP contribution < -0.4 is 0 Å². The van der Waals surface area contributed by atoms with Gasteiger partial charge in [0.2, 0.25) is 17.7 Å². The first-order valence-electron chi connectivity index (χ1n) is 16.5. The molecule has 4 heterocycles. The summed E-state index contributed by atoms with van der Waals surface area (Å²) >= 11 is 1.64. The van der Waals surface area contributed by atoms with E-state index in [2.05, 4.69) is 30.4 Å². The van der Waals surface area contributed by atoms with Crippen LogP contribution in [0.15, 0.2) is 79.9 Å². The Morgan fingerprint density at radius 2 is 1.77 bits per heavy atom. The van der Waals surface area contributed by atoms with Crippen molar-refractivity contribution in [3.05, 3.63) is 85.5 Å². The molecule has 0 radical (unpaired) electrons. The maximum absolute atomic E-state index is 15.1. The minimum absolute atomic E-state index is 0.0598. The van der Waals surface area contributed by atoms with Gasteiger partial charge in [0.25, 0.3) is 0 Å². The van der Waals surface area contributed by atoms with Crippen LogP contribution in [0.1, 0.15) is 38.7 Å². The summed E-state index contributed by atoms with van der Waals surface area (Å²) in [7, 11) is 0. The number of thioether (sulfide) groups is 1. The number of nitrogens with zero attached hydrogens (tertiary/aromatic N) is 6. The lowest BCUT2D eigenvalue weighted by Crippen LogP contribution is -2.58. The van der Waals surface area contributed by atoms with Crippen molar-refractivity contribution in [1.82, 2.24) is 29.7 Å². The summed E-state index contributed by atoms with van der Waals surface area (Å²) in [6, 6.07) is 15.7. The number of aliphatic hydroxyl groups is 1. The monoisotopic (exact) mass is 656 g/mol. The standard InChI is InChI=1S/C36H44N6O4S/c1-5-19-39(20-6-2)32(44)29-30-33(45)42(26(23-43)22-25-13-9-8-10-14-25)31(36(30)18-17-35(29,4)47-36)34(46)40(21-7-3)24-41-28-16-12-11-15-27(28)37-38-41/h5,7-16,26,29-31,43H,1,3,6,17-24H2,2,4H3/t26-,29+,30+,31?,35-,36?/m1/s1. The van der Waals surface area contributed by atoms with Crippen molar-refractivity contribution in [2.24, 2.45) is 11.8 Å². The highest BCUT2D eigenvalue weighted by Gasteiger charge is 2.78. The van der Waals surface area contributed by atoms with Gasteiger partial charge >= 0.3 is 0 Å². The van der Waals surface area contributed by atoms with Crippen molar-refractivity contribution in [2.75, 3.05) is 26.2 Å². The third kappa shape index (κ3) is 5.57. The smallest absolute Gasteiger partial charge is 0.248 e. The molecule has 6 rings (SSSR count). The Labute approximate surface area is 280 Å². The maximum atomic E-state index is 15.1. The van der Waals surface area contributed by atoms with Gasteiger partial charge < -0.3 is 19.8 Å². The van der Waals surface area contributed by atoms with Gasteiger partial charge in [0, 0.05) is 24.4 Å². The summed E-state index contributed by atoms with van der Waals surface area (Å²) in [5.41, 5.74) is 2.46. The average Bonchev–Trinajstić information content (AvgIpc) is 3.78. The fourth-order valence-electron chi connectivity index (χ4n) is 8.19. The second-order valence-electron chi connectivity index (χ2n) is 13.1. The lowest BCUT2D eigenvalue weighted by molar-refractivity contribution is -0.148. The molecule has 3 aliphatic rings. The van der Waals surface area contributed by atoms with Gasteiger partial charge in [-0.25, -0.2) is 4.68 Å².